The maximum absolute atomic E-state index is 11.9. The molecule has 1 unspecified atom stereocenters. The number of fused-ring (bicyclic) bond motifs is 2. The summed E-state index contributed by atoms with van der Waals surface area (Å²) < 4.78 is 16.2. The van der Waals surface area contributed by atoms with Crippen molar-refractivity contribution in [1.82, 2.24) is 0 Å². The van der Waals surface area contributed by atoms with Crippen LogP contribution in [0.5, 0.6) is 11.5 Å². The summed E-state index contributed by atoms with van der Waals surface area (Å²) >= 11 is 5.82. The van der Waals surface area contributed by atoms with Crippen LogP contribution in [0.15, 0.2) is 28.7 Å². The Kier molecular flexibility index (Phi) is 2.44. The topological polar surface area (TPSA) is 60.7 Å². The van der Waals surface area contributed by atoms with E-state index in [1.807, 2.05) is 6.07 Å². The standard InChI is InChI=1S/C14H10ClNO4/c15-13-2-1-10(20-13)8-4-14(17)16-9-5-12-11(3-7(8)9)18-6-19-12/h1-3,5,8H,4,6H2,(H,16,17). The number of hydrogen-bond donors (Lipinski definition) is 1. The zero-order chi connectivity index (χ0) is 13.7. The molecule has 2 aliphatic rings. The molecule has 1 N–H and O–H groups in total. The van der Waals surface area contributed by atoms with Crippen molar-refractivity contribution in [1.29, 1.82) is 0 Å². The number of hydrogen-bond acceptors (Lipinski definition) is 4. The molecule has 6 heteroatoms. The van der Waals surface area contributed by atoms with E-state index < -0.39 is 0 Å². The average molecular weight is 292 g/mol. The number of nitrogens with one attached hydrogen (secondary N) is 1. The van der Waals surface area contributed by atoms with E-state index in [4.69, 9.17) is 25.5 Å². The van der Waals surface area contributed by atoms with Crippen LogP contribution in [0, 0.1) is 0 Å². The highest BCUT2D eigenvalue weighted by atomic mass is 35.5. The fourth-order valence-electron chi connectivity index (χ4n) is 2.62. The maximum Gasteiger partial charge on any atom is 0.231 e. The zero-order valence-electron chi connectivity index (χ0n) is 10.3. The quantitative estimate of drug-likeness (QED) is 0.877. The molecule has 0 fully saturated rings. The number of anilines is 1. The molecule has 4 rings (SSSR count). The van der Waals surface area contributed by atoms with Crippen LogP contribution in [0.25, 0.3) is 0 Å². The van der Waals surface area contributed by atoms with Gasteiger partial charge in [-0.1, -0.05) is 0 Å². The molecule has 1 amide bonds. The second-order valence-electron chi connectivity index (χ2n) is 4.74. The third-order valence-corrected chi connectivity index (χ3v) is 3.72. The van der Waals surface area contributed by atoms with Crippen molar-refractivity contribution in [2.24, 2.45) is 0 Å². The lowest BCUT2D eigenvalue weighted by Gasteiger charge is -2.24. The van der Waals surface area contributed by atoms with E-state index in [1.165, 1.54) is 0 Å². The highest BCUT2D eigenvalue weighted by molar-refractivity contribution is 6.28. The number of carbonyl (C=O) groups is 1. The van der Waals surface area contributed by atoms with Crippen molar-refractivity contribution >= 4 is 23.2 Å². The smallest absolute Gasteiger partial charge is 0.231 e. The molecule has 0 spiro atoms. The molecule has 0 saturated heterocycles. The minimum Gasteiger partial charge on any atom is -0.454 e. The van der Waals surface area contributed by atoms with Gasteiger partial charge in [0.1, 0.15) is 5.76 Å². The Morgan fingerprint density at radius 1 is 1.20 bits per heavy atom. The van der Waals surface area contributed by atoms with Gasteiger partial charge in [0.15, 0.2) is 16.7 Å². The summed E-state index contributed by atoms with van der Waals surface area (Å²) in [6.07, 6.45) is 0.316. The Morgan fingerprint density at radius 2 is 2.00 bits per heavy atom. The Bertz CT molecular complexity index is 709. The van der Waals surface area contributed by atoms with Crippen LogP contribution in [0.1, 0.15) is 23.7 Å². The second kappa shape index (κ2) is 4.18. The molecule has 0 radical (unpaired) electrons. The van der Waals surface area contributed by atoms with Crippen molar-refractivity contribution in [3.8, 4) is 11.5 Å². The van der Waals surface area contributed by atoms with Gasteiger partial charge in [-0.15, -0.1) is 0 Å². The SMILES string of the molecule is O=C1CC(c2ccc(Cl)o2)c2cc3c(cc2N1)OCO3. The normalized spacial score (nSPS) is 19.6. The highest BCUT2D eigenvalue weighted by Gasteiger charge is 2.31. The molecule has 1 aromatic carbocycles. The van der Waals surface area contributed by atoms with Crippen LogP contribution in [0.3, 0.4) is 0 Å². The van der Waals surface area contributed by atoms with Crippen LogP contribution in [-0.4, -0.2) is 12.7 Å². The Balaban J connectivity index is 1.85. The van der Waals surface area contributed by atoms with Crippen LogP contribution >= 0.6 is 11.6 Å². The van der Waals surface area contributed by atoms with E-state index in [0.29, 0.717) is 28.9 Å². The summed E-state index contributed by atoms with van der Waals surface area (Å²) in [7, 11) is 0. The van der Waals surface area contributed by atoms with Crippen LogP contribution in [0.2, 0.25) is 5.22 Å². The van der Waals surface area contributed by atoms with Crippen LogP contribution in [0.4, 0.5) is 5.69 Å². The summed E-state index contributed by atoms with van der Waals surface area (Å²) in [5.74, 6) is 1.77. The van der Waals surface area contributed by atoms with Crippen LogP contribution in [-0.2, 0) is 4.79 Å². The minimum absolute atomic E-state index is 0.0612. The molecule has 5 nitrogen and oxygen atoms in total. The fourth-order valence-corrected chi connectivity index (χ4v) is 2.77. The monoisotopic (exact) mass is 291 g/mol. The molecular weight excluding hydrogens is 282 g/mol. The number of benzene rings is 1. The lowest BCUT2D eigenvalue weighted by atomic mass is 9.88. The van der Waals surface area contributed by atoms with Gasteiger partial charge in [0.25, 0.3) is 0 Å². The van der Waals surface area contributed by atoms with Crippen molar-refractivity contribution in [2.75, 3.05) is 12.1 Å². The summed E-state index contributed by atoms with van der Waals surface area (Å²) in [4.78, 5) is 11.9. The molecule has 3 heterocycles. The Hall–Kier alpha value is -2.14. The second-order valence-corrected chi connectivity index (χ2v) is 5.11. The summed E-state index contributed by atoms with van der Waals surface area (Å²) in [6, 6.07) is 7.14. The first-order valence-electron chi connectivity index (χ1n) is 6.19. The van der Waals surface area contributed by atoms with Gasteiger partial charge >= 0.3 is 0 Å². The first kappa shape index (κ1) is 11.7. The Morgan fingerprint density at radius 3 is 2.75 bits per heavy atom. The average Bonchev–Trinajstić information content (AvgIpc) is 3.03. The van der Waals surface area contributed by atoms with Gasteiger partial charge in [-0.2, -0.15) is 0 Å². The largest absolute Gasteiger partial charge is 0.454 e. The maximum atomic E-state index is 11.9. The van der Waals surface area contributed by atoms with Gasteiger partial charge < -0.3 is 19.2 Å². The first-order valence-corrected chi connectivity index (χ1v) is 6.57. The van der Waals surface area contributed by atoms with E-state index in [-0.39, 0.29) is 18.6 Å². The molecule has 0 saturated carbocycles. The van der Waals surface area contributed by atoms with Crippen molar-refractivity contribution in [3.05, 3.63) is 40.8 Å². The number of furan rings is 1. The van der Waals surface area contributed by atoms with Crippen LogP contribution < -0.4 is 14.8 Å². The summed E-state index contributed by atoms with van der Waals surface area (Å²) in [5.41, 5.74) is 1.67. The first-order chi connectivity index (χ1) is 9.70. The fraction of sp³-hybridized carbons (Fsp3) is 0.214. The molecular formula is C14H10ClNO4. The lowest BCUT2D eigenvalue weighted by molar-refractivity contribution is -0.116. The lowest BCUT2D eigenvalue weighted by Crippen LogP contribution is -2.23. The number of ether oxygens (including phenoxy) is 2. The molecule has 2 aromatic rings. The zero-order valence-corrected chi connectivity index (χ0v) is 11.1. The predicted molar refractivity (Wildman–Crippen MR) is 71.4 cm³/mol. The predicted octanol–water partition coefficient (Wildman–Crippen LogP) is 3.14. The van der Waals surface area contributed by atoms with Gasteiger partial charge in [0.2, 0.25) is 12.7 Å². The van der Waals surface area contributed by atoms with E-state index in [0.717, 1.165) is 11.3 Å². The molecule has 20 heavy (non-hydrogen) atoms. The number of amides is 1. The van der Waals surface area contributed by atoms with Crippen molar-refractivity contribution in [2.45, 2.75) is 12.3 Å². The molecule has 2 aliphatic heterocycles. The molecule has 1 aromatic heterocycles. The third-order valence-electron chi connectivity index (χ3n) is 3.52. The minimum atomic E-state index is -0.166. The number of halogens is 1. The molecule has 0 aliphatic carbocycles. The van der Waals surface area contributed by atoms with Gasteiger partial charge in [-0.25, -0.2) is 0 Å². The highest BCUT2D eigenvalue weighted by Crippen LogP contribution is 2.45. The van der Waals surface area contributed by atoms with E-state index in [2.05, 4.69) is 5.32 Å². The number of carbonyl (C=O) groups excluding carboxylic acids is 1. The van der Waals surface area contributed by atoms with Gasteiger partial charge in [-0.05, 0) is 35.4 Å². The van der Waals surface area contributed by atoms with E-state index in [1.54, 1.807) is 18.2 Å². The molecule has 1 atom stereocenters. The summed E-state index contributed by atoms with van der Waals surface area (Å²) in [6.45, 7) is 0.198. The van der Waals surface area contributed by atoms with Crippen molar-refractivity contribution in [3.63, 3.8) is 0 Å². The molecule has 0 bridgehead atoms. The molecule has 102 valence electrons. The van der Waals surface area contributed by atoms with Gasteiger partial charge in [0.05, 0.1) is 5.92 Å². The van der Waals surface area contributed by atoms with Gasteiger partial charge in [-0.3, -0.25) is 4.79 Å². The number of rotatable bonds is 1. The van der Waals surface area contributed by atoms with E-state index >= 15 is 0 Å². The van der Waals surface area contributed by atoms with Gasteiger partial charge in [0, 0.05) is 18.2 Å². The third kappa shape index (κ3) is 1.74. The summed E-state index contributed by atoms with van der Waals surface area (Å²) in [5, 5.41) is 3.16. The van der Waals surface area contributed by atoms with Crippen molar-refractivity contribution < 1.29 is 18.7 Å². The Labute approximate surface area is 119 Å². The van der Waals surface area contributed by atoms with E-state index in [9.17, 15) is 4.79 Å².